The number of aromatic hydroxyl groups is 1. The van der Waals surface area contributed by atoms with Crippen LogP contribution in [0, 0.1) is 0 Å². The second-order valence-corrected chi connectivity index (χ2v) is 5.94. The molecule has 8 heteroatoms. The van der Waals surface area contributed by atoms with E-state index in [0.29, 0.717) is 6.61 Å². The standard InChI is InChI=1S/C17H21N3O5/c1-9(8-25-4)18-12-13(16(23)15(12)22)19-11-7-5-6-10(14(11)21)17(24)20(2)3/h5-7,9,18-19,21H,8H2,1-4H3/t9-/m1/s1. The van der Waals surface area contributed by atoms with E-state index in [9.17, 15) is 19.5 Å². The molecule has 2 aromatic carbocycles. The lowest BCUT2D eigenvalue weighted by Crippen LogP contribution is -2.39. The molecule has 0 saturated heterocycles. The van der Waals surface area contributed by atoms with Crippen molar-refractivity contribution in [2.24, 2.45) is 0 Å². The topological polar surface area (TPSA) is 108 Å². The van der Waals surface area contributed by atoms with Crippen LogP contribution in [0.15, 0.2) is 27.8 Å². The summed E-state index contributed by atoms with van der Waals surface area (Å²) < 4.78 is 4.99. The third kappa shape index (κ3) is 3.63. The van der Waals surface area contributed by atoms with Gasteiger partial charge in [-0.1, -0.05) is 6.07 Å². The van der Waals surface area contributed by atoms with Crippen LogP contribution in [0.5, 0.6) is 5.75 Å². The number of rotatable bonds is 7. The minimum atomic E-state index is -0.684. The first-order valence-electron chi connectivity index (χ1n) is 7.67. The predicted molar refractivity (Wildman–Crippen MR) is 95.7 cm³/mol. The first-order valence-corrected chi connectivity index (χ1v) is 7.67. The number of benzene rings is 1. The number of nitrogens with one attached hydrogen (secondary N) is 2. The van der Waals surface area contributed by atoms with Crippen molar-refractivity contribution >= 4 is 23.0 Å². The highest BCUT2D eigenvalue weighted by Crippen LogP contribution is 2.32. The Labute approximate surface area is 144 Å². The number of ether oxygens (including phenoxy) is 1. The molecule has 0 aliphatic carbocycles. The highest BCUT2D eigenvalue weighted by molar-refractivity contribution is 5.99. The summed E-state index contributed by atoms with van der Waals surface area (Å²) in [5.41, 5.74) is -0.865. The second-order valence-electron chi connectivity index (χ2n) is 5.94. The average Bonchev–Trinajstić information content (AvgIpc) is 2.58. The number of hydrogen-bond acceptors (Lipinski definition) is 7. The number of nitrogens with zero attached hydrogens (tertiary/aromatic N) is 1. The van der Waals surface area contributed by atoms with E-state index in [4.69, 9.17) is 4.74 Å². The minimum absolute atomic E-state index is 0.0534. The van der Waals surface area contributed by atoms with Crippen LogP contribution >= 0.6 is 0 Å². The Hall–Kier alpha value is -2.87. The summed E-state index contributed by atoms with van der Waals surface area (Å²) in [5.74, 6) is -0.664. The number of phenols is 1. The van der Waals surface area contributed by atoms with Gasteiger partial charge in [-0.3, -0.25) is 14.4 Å². The van der Waals surface area contributed by atoms with E-state index in [-0.39, 0.29) is 40.3 Å². The maximum absolute atomic E-state index is 12.1. The number of carbonyl (C=O) groups excluding carboxylic acids is 1. The van der Waals surface area contributed by atoms with Crippen molar-refractivity contribution in [1.82, 2.24) is 4.90 Å². The van der Waals surface area contributed by atoms with E-state index < -0.39 is 10.9 Å². The average molecular weight is 347 g/mol. The molecule has 0 fully saturated rings. The zero-order valence-electron chi connectivity index (χ0n) is 14.5. The van der Waals surface area contributed by atoms with E-state index in [1.807, 2.05) is 0 Å². The molecule has 2 aromatic rings. The van der Waals surface area contributed by atoms with Crippen LogP contribution in [0.3, 0.4) is 0 Å². The molecule has 0 heterocycles. The first-order chi connectivity index (χ1) is 11.8. The quantitative estimate of drug-likeness (QED) is 0.504. The van der Waals surface area contributed by atoms with E-state index in [1.54, 1.807) is 27.1 Å². The van der Waals surface area contributed by atoms with Crippen LogP contribution in [-0.2, 0) is 4.74 Å². The molecule has 0 aliphatic rings. The Bertz CT molecular complexity index is 852. The Balaban J connectivity index is 2.31. The Morgan fingerprint density at radius 2 is 1.88 bits per heavy atom. The van der Waals surface area contributed by atoms with Gasteiger partial charge in [-0.05, 0) is 19.1 Å². The molecular formula is C17H21N3O5. The highest BCUT2D eigenvalue weighted by atomic mass is 16.5. The molecule has 0 aromatic heterocycles. The molecular weight excluding hydrogens is 326 g/mol. The fraction of sp³-hybridized carbons (Fsp3) is 0.353. The van der Waals surface area contributed by atoms with Crippen LogP contribution in [0.1, 0.15) is 17.3 Å². The zero-order valence-corrected chi connectivity index (χ0v) is 14.5. The number of methoxy groups -OCH3 is 1. The van der Waals surface area contributed by atoms with Gasteiger partial charge in [0.25, 0.3) is 16.8 Å². The van der Waals surface area contributed by atoms with Gasteiger partial charge in [0, 0.05) is 27.2 Å². The van der Waals surface area contributed by atoms with Gasteiger partial charge in [0.05, 0.1) is 17.9 Å². The fourth-order valence-electron chi connectivity index (χ4n) is 2.38. The summed E-state index contributed by atoms with van der Waals surface area (Å²) >= 11 is 0. The smallest absolute Gasteiger partial charge is 0.257 e. The van der Waals surface area contributed by atoms with Gasteiger partial charge in [-0.15, -0.1) is 0 Å². The lowest BCUT2D eigenvalue weighted by atomic mass is 10.1. The summed E-state index contributed by atoms with van der Waals surface area (Å²) in [4.78, 5) is 37.0. The number of amides is 1. The molecule has 0 radical (unpaired) electrons. The third-order valence-electron chi connectivity index (χ3n) is 3.65. The number of para-hydroxylation sites is 1. The lowest BCUT2D eigenvalue weighted by Gasteiger charge is -2.20. The lowest BCUT2D eigenvalue weighted by molar-refractivity contribution is 0.0824. The van der Waals surface area contributed by atoms with Crippen LogP contribution < -0.4 is 21.5 Å². The van der Waals surface area contributed by atoms with Crippen LogP contribution in [0.4, 0.5) is 17.1 Å². The molecule has 0 aliphatic heterocycles. The molecule has 0 spiro atoms. The number of phenolic OH excluding ortho intramolecular Hbond substituents is 1. The fourth-order valence-corrected chi connectivity index (χ4v) is 2.38. The van der Waals surface area contributed by atoms with Crippen LogP contribution in [0.25, 0.3) is 0 Å². The van der Waals surface area contributed by atoms with Gasteiger partial charge in [0.1, 0.15) is 11.4 Å². The highest BCUT2D eigenvalue weighted by Gasteiger charge is 2.24. The largest absolute Gasteiger partial charge is 0.505 e. The summed E-state index contributed by atoms with van der Waals surface area (Å²) in [5, 5.41) is 16.0. The first kappa shape index (κ1) is 18.5. The van der Waals surface area contributed by atoms with Crippen molar-refractivity contribution in [3.63, 3.8) is 0 Å². The number of anilines is 3. The van der Waals surface area contributed by atoms with E-state index >= 15 is 0 Å². The van der Waals surface area contributed by atoms with E-state index in [0.717, 1.165) is 0 Å². The van der Waals surface area contributed by atoms with Crippen molar-refractivity contribution in [2.45, 2.75) is 13.0 Å². The number of hydrogen-bond donors (Lipinski definition) is 3. The van der Waals surface area contributed by atoms with E-state index in [2.05, 4.69) is 10.6 Å². The van der Waals surface area contributed by atoms with E-state index in [1.165, 1.54) is 24.1 Å². The molecule has 0 unspecified atom stereocenters. The molecule has 2 rings (SSSR count). The second kappa shape index (κ2) is 7.35. The maximum atomic E-state index is 12.1. The van der Waals surface area contributed by atoms with Gasteiger partial charge in [-0.25, -0.2) is 0 Å². The van der Waals surface area contributed by atoms with Gasteiger partial charge < -0.3 is 25.4 Å². The van der Waals surface area contributed by atoms with Crippen molar-refractivity contribution in [2.75, 3.05) is 38.4 Å². The van der Waals surface area contributed by atoms with Gasteiger partial charge in [0.2, 0.25) is 0 Å². The van der Waals surface area contributed by atoms with Gasteiger partial charge in [-0.2, -0.15) is 0 Å². The van der Waals surface area contributed by atoms with Crippen LogP contribution in [0.2, 0.25) is 0 Å². The zero-order chi connectivity index (χ0) is 18.7. The van der Waals surface area contributed by atoms with Crippen LogP contribution in [-0.4, -0.2) is 49.8 Å². The Morgan fingerprint density at radius 1 is 1.24 bits per heavy atom. The molecule has 3 N–H and O–H groups in total. The monoisotopic (exact) mass is 347 g/mol. The van der Waals surface area contributed by atoms with Crippen molar-refractivity contribution in [3.8, 4) is 5.75 Å². The van der Waals surface area contributed by atoms with Crippen molar-refractivity contribution in [1.29, 1.82) is 0 Å². The Morgan fingerprint density at radius 3 is 2.48 bits per heavy atom. The molecule has 134 valence electrons. The Kier molecular flexibility index (Phi) is 5.43. The molecule has 0 saturated carbocycles. The minimum Gasteiger partial charge on any atom is -0.505 e. The molecule has 0 bridgehead atoms. The molecule has 8 nitrogen and oxygen atoms in total. The van der Waals surface area contributed by atoms with Crippen molar-refractivity contribution < 1.29 is 14.6 Å². The SMILES string of the molecule is COC[C@@H](C)Nc1c(Nc2cccc(C(=O)N(C)C)c2O)c(=O)c1=O. The summed E-state index contributed by atoms with van der Waals surface area (Å²) in [6, 6.07) is 4.39. The van der Waals surface area contributed by atoms with Gasteiger partial charge in [0.15, 0.2) is 5.75 Å². The third-order valence-corrected chi connectivity index (χ3v) is 3.65. The summed E-state index contributed by atoms with van der Waals surface area (Å²) in [6.45, 7) is 2.16. The van der Waals surface area contributed by atoms with Gasteiger partial charge >= 0.3 is 0 Å². The summed E-state index contributed by atoms with van der Waals surface area (Å²) in [7, 11) is 4.67. The normalized spacial score (nSPS) is 12.0. The predicted octanol–water partition coefficient (Wildman–Crippen LogP) is 0.880. The van der Waals surface area contributed by atoms with Crippen molar-refractivity contribution in [3.05, 3.63) is 44.2 Å². The maximum Gasteiger partial charge on any atom is 0.257 e. The summed E-state index contributed by atoms with van der Waals surface area (Å²) in [6.07, 6.45) is 0. The molecule has 1 atom stereocenters. The molecule has 25 heavy (non-hydrogen) atoms. The number of carbonyl (C=O) groups is 1. The molecule has 1 amide bonds.